The lowest BCUT2D eigenvalue weighted by molar-refractivity contribution is -0.136. The number of aromatic amines is 1. The van der Waals surface area contributed by atoms with Crippen LogP contribution in [-0.4, -0.2) is 156 Å². The Hall–Kier alpha value is -6.94. The first kappa shape index (κ1) is 50.6. The maximum atomic E-state index is 15.7. The number of H-pyrrole nitrogens is 1. The van der Waals surface area contributed by atoms with Crippen LogP contribution in [0.4, 0.5) is 20.2 Å². The lowest BCUT2D eigenvalue weighted by atomic mass is 9.92. The Bertz CT molecular complexity index is 3160. The van der Waals surface area contributed by atoms with Crippen LogP contribution >= 0.6 is 0 Å². The molecule has 0 bridgehead atoms. The van der Waals surface area contributed by atoms with Crippen LogP contribution in [0.2, 0.25) is 0 Å². The van der Waals surface area contributed by atoms with Gasteiger partial charge in [0.15, 0.2) is 5.82 Å². The summed E-state index contributed by atoms with van der Waals surface area (Å²) in [6, 6.07) is 16.2. The summed E-state index contributed by atoms with van der Waals surface area (Å²) < 4.78 is 59.0. The number of piperidine rings is 3. The second-order valence-corrected chi connectivity index (χ2v) is 21.7. The van der Waals surface area contributed by atoms with E-state index in [-0.39, 0.29) is 47.9 Å². The minimum atomic E-state index is -4.14. The lowest BCUT2D eigenvalue weighted by Gasteiger charge is -2.43. The highest BCUT2D eigenvalue weighted by atomic mass is 32.2. The third kappa shape index (κ3) is 10.0. The molecule has 18 nitrogen and oxygen atoms in total. The minimum absolute atomic E-state index is 0.0152. The van der Waals surface area contributed by atoms with Gasteiger partial charge in [-0.15, -0.1) is 0 Å². The summed E-state index contributed by atoms with van der Waals surface area (Å²) in [5.74, 6) is -5.06. The Morgan fingerprint density at radius 2 is 1.54 bits per heavy atom. The van der Waals surface area contributed by atoms with E-state index in [0.29, 0.717) is 42.1 Å². The molecule has 3 N–H and O–H groups in total. The average Bonchev–Trinajstić information content (AvgIpc) is 3.94. The number of halogens is 2. The molecule has 5 aliphatic heterocycles. The van der Waals surface area contributed by atoms with Crippen molar-refractivity contribution in [2.45, 2.75) is 70.5 Å². The molecule has 0 spiro atoms. The second-order valence-electron chi connectivity index (χ2n) is 19.9. The lowest BCUT2D eigenvalue weighted by Crippen LogP contribution is -2.54. The molecule has 0 aliphatic carbocycles. The maximum Gasteiger partial charge on any atom is 0.301 e. The normalized spacial score (nSPS) is 19.7. The molecule has 1 unspecified atom stereocenters. The summed E-state index contributed by atoms with van der Waals surface area (Å²) in [6.45, 7) is 9.10. The number of hydrogen-bond acceptors (Lipinski definition) is 12. The number of likely N-dealkylation sites (tertiary alicyclic amines) is 1. The predicted octanol–water partition coefficient (Wildman–Crippen LogP) is 5.16. The minimum Gasteiger partial charge on any atom is -0.371 e. The van der Waals surface area contributed by atoms with Crippen molar-refractivity contribution in [3.63, 3.8) is 0 Å². The van der Waals surface area contributed by atoms with Gasteiger partial charge in [0.2, 0.25) is 23.5 Å². The first-order valence-corrected chi connectivity index (χ1v) is 26.7. The second kappa shape index (κ2) is 20.8. The van der Waals surface area contributed by atoms with Gasteiger partial charge in [0.1, 0.15) is 17.5 Å². The Kier molecular flexibility index (Phi) is 14.2. The third-order valence-electron chi connectivity index (χ3n) is 15.5. The number of carbonyl (C=O) groups is 6. The van der Waals surface area contributed by atoms with Crippen LogP contribution in [0.1, 0.15) is 94.1 Å². The van der Waals surface area contributed by atoms with Crippen LogP contribution in [0, 0.1) is 17.6 Å². The maximum absolute atomic E-state index is 15.7. The topological polar surface area (TPSA) is 209 Å². The van der Waals surface area contributed by atoms with Gasteiger partial charge in [0.25, 0.3) is 11.8 Å². The molecule has 4 saturated heterocycles. The number of ketones is 1. The summed E-state index contributed by atoms with van der Waals surface area (Å²) in [4.78, 5) is 95.5. The van der Waals surface area contributed by atoms with Gasteiger partial charge in [-0.2, -0.15) is 12.7 Å². The van der Waals surface area contributed by atoms with E-state index in [0.717, 1.165) is 110 Å². The van der Waals surface area contributed by atoms with Crippen molar-refractivity contribution in [1.29, 1.82) is 0 Å². The van der Waals surface area contributed by atoms with Gasteiger partial charge in [-0.1, -0.05) is 31.2 Å². The smallest absolute Gasteiger partial charge is 0.301 e. The average molecular weight is 1030 g/mol. The number of fused-ring (bicyclic) bond motifs is 2. The number of piperazine rings is 1. The Balaban J connectivity index is 0.669. The Morgan fingerprint density at radius 1 is 0.824 bits per heavy atom. The number of nitrogens with one attached hydrogen (secondary N) is 3. The number of aromatic nitrogens is 2. The number of benzene rings is 3. The van der Waals surface area contributed by atoms with E-state index in [1.165, 1.54) is 13.2 Å². The van der Waals surface area contributed by atoms with Crippen LogP contribution in [0.25, 0.3) is 22.2 Å². The summed E-state index contributed by atoms with van der Waals surface area (Å²) in [6.07, 6.45) is 7.21. The number of pyridine rings is 1. The van der Waals surface area contributed by atoms with E-state index >= 15 is 8.78 Å². The van der Waals surface area contributed by atoms with Crippen molar-refractivity contribution < 1.29 is 46.0 Å². The van der Waals surface area contributed by atoms with Crippen LogP contribution in [0.3, 0.4) is 0 Å². The van der Waals surface area contributed by atoms with E-state index in [9.17, 15) is 37.2 Å². The zero-order valence-electron chi connectivity index (χ0n) is 41.2. The predicted molar refractivity (Wildman–Crippen MR) is 271 cm³/mol. The molecule has 1 atom stereocenters. The molecular weight excluding hydrogens is 975 g/mol. The molecule has 3 aromatic carbocycles. The quantitative estimate of drug-likeness (QED) is 0.0974. The summed E-state index contributed by atoms with van der Waals surface area (Å²) in [7, 11) is -2.84. The first-order chi connectivity index (χ1) is 35.6. The zero-order valence-corrected chi connectivity index (χ0v) is 42.1. The van der Waals surface area contributed by atoms with Crippen molar-refractivity contribution in [3.8, 4) is 11.1 Å². The summed E-state index contributed by atoms with van der Waals surface area (Å²) in [5, 5.41) is 2.59. The number of anilines is 2. The fourth-order valence-electron chi connectivity index (χ4n) is 11.0. The molecule has 5 aromatic rings. The molecule has 7 heterocycles. The van der Waals surface area contributed by atoms with Gasteiger partial charge in [-0.05, 0) is 85.5 Å². The fraction of sp³-hybridized carbons (Fsp3) is 0.415. The number of rotatable bonds is 14. The van der Waals surface area contributed by atoms with E-state index < -0.39 is 68.5 Å². The largest absolute Gasteiger partial charge is 0.371 e. The van der Waals surface area contributed by atoms with E-state index in [2.05, 4.69) is 46.8 Å². The molecular formula is C53H58F2N10O8S. The Morgan fingerprint density at radius 3 is 2.24 bits per heavy atom. The van der Waals surface area contributed by atoms with Crippen molar-refractivity contribution in [2.75, 3.05) is 75.6 Å². The van der Waals surface area contributed by atoms with Gasteiger partial charge in [-0.3, -0.25) is 53.5 Å². The highest BCUT2D eigenvalue weighted by Crippen LogP contribution is 2.34. The van der Waals surface area contributed by atoms with Gasteiger partial charge < -0.3 is 14.8 Å². The van der Waals surface area contributed by atoms with Crippen LogP contribution in [-0.2, 0) is 31.1 Å². The SMILES string of the molecule is CCN(C)S(=O)(=O)Nc1ccc(F)c(C(=O)c2c[nH]c3ncc(-c4ccc(CN5CCN(C6CCN(C(=O)CC7CCN(c8ccc9c(c8)C(=O)N(C8CCC(=O)NC8=O)C9=O)CC7)CC6)CC5)cc4)cc23)c1F. The molecule has 21 heteroatoms. The van der Waals surface area contributed by atoms with Crippen molar-refractivity contribution in [3.05, 3.63) is 113 Å². The number of carbonyl (C=O) groups excluding carboxylic acids is 6. The number of nitrogens with zero attached hydrogens (tertiary/aromatic N) is 7. The molecule has 5 amide bonds. The molecule has 388 valence electrons. The molecule has 74 heavy (non-hydrogen) atoms. The monoisotopic (exact) mass is 1030 g/mol. The standard InChI is InChI=1S/C53H58F2N10O8S/c1-3-60(2)74(72,73)59-43-11-10-42(54)47(48(43)55)49(68)41-30-57-50-39(41)27-35(29-56-50)34-6-4-33(5-7-34)31-61-22-24-63(25-23-61)36-16-20-64(21-17-36)46(67)26-32-14-18-62(19-15-32)37-8-9-38-40(28-37)53(71)65(52(38)70)44-12-13-45(66)58-51(44)69/h4-11,27-30,32,36,44,59H,3,12-26,31H2,1-2H3,(H,56,57)(H,58,66,69). The number of hydrogen-bond donors (Lipinski definition) is 3. The summed E-state index contributed by atoms with van der Waals surface area (Å²) >= 11 is 0. The van der Waals surface area contributed by atoms with E-state index in [4.69, 9.17) is 0 Å². The van der Waals surface area contributed by atoms with E-state index in [1.807, 2.05) is 23.1 Å². The Labute approximate surface area is 427 Å². The van der Waals surface area contributed by atoms with Crippen LogP contribution in [0.5, 0.6) is 0 Å². The van der Waals surface area contributed by atoms with Gasteiger partial charge in [0, 0.05) is 126 Å². The van der Waals surface area contributed by atoms with Gasteiger partial charge in [0.05, 0.1) is 22.4 Å². The highest BCUT2D eigenvalue weighted by Gasteiger charge is 2.45. The zero-order chi connectivity index (χ0) is 52.0. The van der Waals surface area contributed by atoms with Crippen molar-refractivity contribution in [1.82, 2.24) is 39.2 Å². The van der Waals surface area contributed by atoms with E-state index in [1.54, 1.807) is 31.3 Å². The van der Waals surface area contributed by atoms with Gasteiger partial charge >= 0.3 is 10.2 Å². The van der Waals surface area contributed by atoms with Crippen molar-refractivity contribution in [2.24, 2.45) is 5.92 Å². The molecule has 5 aliphatic rings. The third-order valence-corrected chi connectivity index (χ3v) is 17.0. The number of imide groups is 2. The molecule has 0 radical (unpaired) electrons. The molecule has 2 aromatic heterocycles. The fourth-order valence-corrected chi connectivity index (χ4v) is 11.9. The number of amides is 5. The van der Waals surface area contributed by atoms with Crippen molar-refractivity contribution >= 4 is 67.9 Å². The molecule has 4 fully saturated rings. The van der Waals surface area contributed by atoms with Crippen LogP contribution < -0.4 is 14.9 Å². The molecule has 10 rings (SSSR count). The first-order valence-electron chi connectivity index (χ1n) is 25.2. The highest BCUT2D eigenvalue weighted by molar-refractivity contribution is 7.90. The molecule has 0 saturated carbocycles. The summed E-state index contributed by atoms with van der Waals surface area (Å²) in [5.41, 5.74) is 2.91. The van der Waals surface area contributed by atoms with Crippen LogP contribution in [0.15, 0.2) is 73.1 Å². The van der Waals surface area contributed by atoms with Gasteiger partial charge in [-0.25, -0.2) is 13.8 Å².